The third-order valence-electron chi connectivity index (χ3n) is 4.37. The van der Waals surface area contributed by atoms with Crippen LogP contribution in [-0.4, -0.2) is 23.4 Å². The molecular formula is C22H22N2O4. The Kier molecular flexibility index (Phi) is 6.22. The number of amides is 1. The van der Waals surface area contributed by atoms with Crippen LogP contribution in [0, 0.1) is 0 Å². The van der Waals surface area contributed by atoms with Gasteiger partial charge in [-0.3, -0.25) is 9.59 Å². The highest BCUT2D eigenvalue weighted by Gasteiger charge is 2.14. The first-order valence-electron chi connectivity index (χ1n) is 9.05. The third-order valence-corrected chi connectivity index (χ3v) is 4.37. The molecule has 1 atom stereocenters. The van der Waals surface area contributed by atoms with Crippen LogP contribution in [-0.2, 0) is 6.61 Å². The Morgan fingerprint density at radius 1 is 1.11 bits per heavy atom. The SMILES string of the molecule is CC(=O)c1ccc(OCc2cc(C(=O)NCC(C)c3ccccc3)no2)cc1. The minimum absolute atomic E-state index is 0.000906. The van der Waals surface area contributed by atoms with Crippen molar-refractivity contribution >= 4 is 11.7 Å². The summed E-state index contributed by atoms with van der Waals surface area (Å²) in [4.78, 5) is 23.5. The zero-order chi connectivity index (χ0) is 19.9. The molecule has 1 heterocycles. The van der Waals surface area contributed by atoms with Crippen molar-refractivity contribution in [2.24, 2.45) is 0 Å². The lowest BCUT2D eigenvalue weighted by atomic mass is 10.0. The number of ketones is 1. The van der Waals surface area contributed by atoms with Crippen LogP contribution in [0.2, 0.25) is 0 Å². The second-order valence-electron chi connectivity index (χ2n) is 6.57. The molecule has 6 nitrogen and oxygen atoms in total. The Bertz CT molecular complexity index is 933. The van der Waals surface area contributed by atoms with Crippen molar-refractivity contribution in [2.75, 3.05) is 6.54 Å². The van der Waals surface area contributed by atoms with E-state index >= 15 is 0 Å². The number of nitrogens with one attached hydrogen (secondary N) is 1. The van der Waals surface area contributed by atoms with E-state index in [1.54, 1.807) is 30.3 Å². The van der Waals surface area contributed by atoms with E-state index in [9.17, 15) is 9.59 Å². The summed E-state index contributed by atoms with van der Waals surface area (Å²) in [6, 6.07) is 18.4. The Balaban J connectivity index is 1.50. The van der Waals surface area contributed by atoms with Crippen molar-refractivity contribution in [3.63, 3.8) is 0 Å². The van der Waals surface area contributed by atoms with E-state index in [-0.39, 0.29) is 29.9 Å². The van der Waals surface area contributed by atoms with Crippen molar-refractivity contribution in [2.45, 2.75) is 26.4 Å². The summed E-state index contributed by atoms with van der Waals surface area (Å²) >= 11 is 0. The summed E-state index contributed by atoms with van der Waals surface area (Å²) in [6.45, 7) is 4.21. The lowest BCUT2D eigenvalue weighted by Gasteiger charge is -2.12. The van der Waals surface area contributed by atoms with Crippen LogP contribution < -0.4 is 10.1 Å². The fourth-order valence-electron chi connectivity index (χ4n) is 2.66. The van der Waals surface area contributed by atoms with Crippen LogP contribution in [0.15, 0.2) is 65.2 Å². The summed E-state index contributed by atoms with van der Waals surface area (Å²) < 4.78 is 10.8. The van der Waals surface area contributed by atoms with Crippen LogP contribution >= 0.6 is 0 Å². The molecular weight excluding hydrogens is 356 g/mol. The van der Waals surface area contributed by atoms with Crippen molar-refractivity contribution in [1.29, 1.82) is 0 Å². The van der Waals surface area contributed by atoms with Gasteiger partial charge in [-0.15, -0.1) is 0 Å². The molecule has 0 radical (unpaired) electrons. The second kappa shape index (κ2) is 8.99. The van der Waals surface area contributed by atoms with Gasteiger partial charge in [-0.05, 0) is 42.7 Å². The van der Waals surface area contributed by atoms with Gasteiger partial charge in [0.05, 0.1) is 0 Å². The average Bonchev–Trinajstić information content (AvgIpc) is 3.20. The Labute approximate surface area is 163 Å². The Hall–Kier alpha value is -3.41. The summed E-state index contributed by atoms with van der Waals surface area (Å²) in [6.07, 6.45) is 0. The predicted octanol–water partition coefficient (Wildman–Crippen LogP) is 3.99. The maximum absolute atomic E-state index is 12.3. The van der Waals surface area contributed by atoms with Crippen molar-refractivity contribution < 1.29 is 18.8 Å². The van der Waals surface area contributed by atoms with Crippen LogP contribution in [0.5, 0.6) is 5.75 Å². The standard InChI is InChI=1S/C22H22N2O4/c1-15(17-6-4-3-5-7-17)13-23-22(26)21-12-20(28-24-21)14-27-19-10-8-18(9-11-19)16(2)25/h3-12,15H,13-14H2,1-2H3,(H,23,26). The van der Waals surface area contributed by atoms with Gasteiger partial charge in [0.1, 0.15) is 12.4 Å². The molecule has 0 saturated carbocycles. The first-order chi connectivity index (χ1) is 13.5. The molecule has 2 aromatic carbocycles. The molecule has 6 heteroatoms. The number of carbonyl (C=O) groups is 2. The summed E-state index contributed by atoms with van der Waals surface area (Å²) in [7, 11) is 0. The van der Waals surface area contributed by atoms with Gasteiger partial charge in [-0.2, -0.15) is 0 Å². The molecule has 0 fully saturated rings. The number of hydrogen-bond donors (Lipinski definition) is 1. The molecule has 0 spiro atoms. The van der Waals surface area contributed by atoms with Gasteiger partial charge in [0.25, 0.3) is 5.91 Å². The first kappa shape index (κ1) is 19.4. The molecule has 1 N–H and O–H groups in total. The van der Waals surface area contributed by atoms with Gasteiger partial charge in [0.15, 0.2) is 17.2 Å². The number of aromatic nitrogens is 1. The van der Waals surface area contributed by atoms with Crippen molar-refractivity contribution in [3.8, 4) is 5.75 Å². The normalized spacial score (nSPS) is 11.6. The average molecular weight is 378 g/mol. The predicted molar refractivity (Wildman–Crippen MR) is 104 cm³/mol. The molecule has 0 aliphatic heterocycles. The molecule has 3 rings (SSSR count). The first-order valence-corrected chi connectivity index (χ1v) is 9.05. The fraction of sp³-hybridized carbons (Fsp3) is 0.227. The van der Waals surface area contributed by atoms with E-state index in [0.29, 0.717) is 23.6 Å². The fourth-order valence-corrected chi connectivity index (χ4v) is 2.66. The van der Waals surface area contributed by atoms with E-state index in [2.05, 4.69) is 17.4 Å². The zero-order valence-corrected chi connectivity index (χ0v) is 15.8. The summed E-state index contributed by atoms with van der Waals surface area (Å²) in [5, 5.41) is 6.67. The van der Waals surface area contributed by atoms with Gasteiger partial charge < -0.3 is 14.6 Å². The van der Waals surface area contributed by atoms with Crippen molar-refractivity contribution in [1.82, 2.24) is 10.5 Å². The highest BCUT2D eigenvalue weighted by Crippen LogP contribution is 2.16. The number of ether oxygens (including phenoxy) is 1. The summed E-state index contributed by atoms with van der Waals surface area (Å²) in [5.74, 6) is 0.946. The van der Waals surface area contributed by atoms with E-state index in [0.717, 1.165) is 5.56 Å². The zero-order valence-electron chi connectivity index (χ0n) is 15.8. The van der Waals surface area contributed by atoms with E-state index in [4.69, 9.17) is 9.26 Å². The number of carbonyl (C=O) groups excluding carboxylic acids is 2. The molecule has 1 unspecified atom stereocenters. The molecule has 0 bridgehead atoms. The molecule has 1 aromatic heterocycles. The number of hydrogen-bond acceptors (Lipinski definition) is 5. The Morgan fingerprint density at radius 2 is 1.82 bits per heavy atom. The number of rotatable bonds is 8. The summed E-state index contributed by atoms with van der Waals surface area (Å²) in [5.41, 5.74) is 1.99. The molecule has 28 heavy (non-hydrogen) atoms. The van der Waals surface area contributed by atoms with Gasteiger partial charge in [0, 0.05) is 18.2 Å². The molecule has 144 valence electrons. The van der Waals surface area contributed by atoms with Crippen LogP contribution in [0.1, 0.15) is 51.9 Å². The molecule has 0 aliphatic rings. The van der Waals surface area contributed by atoms with Crippen LogP contribution in [0.4, 0.5) is 0 Å². The minimum atomic E-state index is -0.288. The van der Waals surface area contributed by atoms with Gasteiger partial charge in [-0.25, -0.2) is 0 Å². The van der Waals surface area contributed by atoms with Crippen molar-refractivity contribution in [3.05, 3.63) is 83.2 Å². The number of benzene rings is 2. The lowest BCUT2D eigenvalue weighted by Crippen LogP contribution is -2.27. The smallest absolute Gasteiger partial charge is 0.273 e. The monoisotopic (exact) mass is 378 g/mol. The topological polar surface area (TPSA) is 81.4 Å². The van der Waals surface area contributed by atoms with E-state index in [1.807, 2.05) is 30.3 Å². The molecule has 0 saturated heterocycles. The molecule has 3 aromatic rings. The number of nitrogens with zero attached hydrogens (tertiary/aromatic N) is 1. The highest BCUT2D eigenvalue weighted by atomic mass is 16.5. The maximum atomic E-state index is 12.3. The van der Waals surface area contributed by atoms with Crippen LogP contribution in [0.25, 0.3) is 0 Å². The highest BCUT2D eigenvalue weighted by molar-refractivity contribution is 5.94. The maximum Gasteiger partial charge on any atom is 0.273 e. The Morgan fingerprint density at radius 3 is 2.50 bits per heavy atom. The third kappa shape index (κ3) is 5.07. The molecule has 0 aliphatic carbocycles. The lowest BCUT2D eigenvalue weighted by molar-refractivity contribution is 0.0941. The molecule has 1 amide bonds. The van der Waals surface area contributed by atoms with Gasteiger partial charge in [-0.1, -0.05) is 42.4 Å². The second-order valence-corrected chi connectivity index (χ2v) is 6.57. The van der Waals surface area contributed by atoms with E-state index < -0.39 is 0 Å². The van der Waals surface area contributed by atoms with Gasteiger partial charge >= 0.3 is 0 Å². The van der Waals surface area contributed by atoms with Gasteiger partial charge in [0.2, 0.25) is 0 Å². The minimum Gasteiger partial charge on any atom is -0.486 e. The number of Topliss-reactive ketones (excluding diaryl/α,β-unsaturated/α-hetero) is 1. The quantitative estimate of drug-likeness (QED) is 0.600. The van der Waals surface area contributed by atoms with Crippen LogP contribution in [0.3, 0.4) is 0 Å². The van der Waals surface area contributed by atoms with E-state index in [1.165, 1.54) is 6.92 Å². The largest absolute Gasteiger partial charge is 0.486 e.